The van der Waals surface area contributed by atoms with Gasteiger partial charge in [-0.2, -0.15) is 0 Å². The smallest absolute Gasteiger partial charge is 0.321 e. The van der Waals surface area contributed by atoms with E-state index in [4.69, 9.17) is 21.4 Å². The number of carbonyl (C=O) groups excluding carboxylic acids is 1. The summed E-state index contributed by atoms with van der Waals surface area (Å²) < 4.78 is 5.02. The van der Waals surface area contributed by atoms with Crippen molar-refractivity contribution < 1.29 is 14.6 Å². The van der Waals surface area contributed by atoms with Crippen molar-refractivity contribution in [2.75, 3.05) is 26.1 Å². The first-order chi connectivity index (χ1) is 8.49. The third-order valence-electron chi connectivity index (χ3n) is 2.65. The number of aliphatic hydroxyl groups excluding tert-OH is 1. The van der Waals surface area contributed by atoms with Gasteiger partial charge in [-0.3, -0.25) is 0 Å². The van der Waals surface area contributed by atoms with Crippen LogP contribution in [-0.4, -0.2) is 42.8 Å². The molecule has 0 heterocycles. The predicted molar refractivity (Wildman–Crippen MR) is 71.3 cm³/mol. The summed E-state index contributed by atoms with van der Waals surface area (Å²) in [6.45, 7) is 1.66. The van der Waals surface area contributed by atoms with Gasteiger partial charge in [0.25, 0.3) is 0 Å². The predicted octanol–water partition coefficient (Wildman–Crippen LogP) is 2.19. The first kappa shape index (κ1) is 14.6. The zero-order valence-corrected chi connectivity index (χ0v) is 11.4. The van der Waals surface area contributed by atoms with Crippen LogP contribution >= 0.6 is 11.6 Å². The van der Waals surface area contributed by atoms with Crippen LogP contribution in [0.25, 0.3) is 0 Å². The molecule has 0 aliphatic carbocycles. The molecule has 1 unspecified atom stereocenters. The number of urea groups is 1. The number of aliphatic hydroxyl groups is 1. The zero-order valence-electron chi connectivity index (χ0n) is 10.6. The van der Waals surface area contributed by atoms with Crippen molar-refractivity contribution in [1.82, 2.24) is 4.90 Å². The quantitative estimate of drug-likeness (QED) is 0.883. The summed E-state index contributed by atoms with van der Waals surface area (Å²) in [5, 5.41) is 12.1. The number of benzene rings is 1. The highest BCUT2D eigenvalue weighted by Gasteiger charge is 2.15. The number of ether oxygens (including phenoxy) is 1. The zero-order chi connectivity index (χ0) is 13.7. The molecular weight excluding hydrogens is 256 g/mol. The minimum Gasteiger partial charge on any atom is -0.495 e. The summed E-state index contributed by atoms with van der Waals surface area (Å²) in [6, 6.07) is 4.42. The van der Waals surface area contributed by atoms with Crippen LogP contribution in [0.1, 0.15) is 6.92 Å². The second-order valence-corrected chi connectivity index (χ2v) is 4.33. The fourth-order valence-corrected chi connectivity index (χ4v) is 1.54. The third kappa shape index (κ3) is 3.51. The van der Waals surface area contributed by atoms with Gasteiger partial charge in [-0.1, -0.05) is 11.6 Å². The van der Waals surface area contributed by atoms with E-state index in [1.54, 1.807) is 32.2 Å². The molecule has 5 nitrogen and oxygen atoms in total. The summed E-state index contributed by atoms with van der Waals surface area (Å²) >= 11 is 5.95. The van der Waals surface area contributed by atoms with Crippen molar-refractivity contribution in [3.8, 4) is 5.75 Å². The van der Waals surface area contributed by atoms with Crippen molar-refractivity contribution in [2.24, 2.45) is 0 Å². The number of methoxy groups -OCH3 is 1. The molecule has 0 aliphatic heterocycles. The van der Waals surface area contributed by atoms with E-state index in [2.05, 4.69) is 5.32 Å². The number of hydrogen-bond donors (Lipinski definition) is 2. The van der Waals surface area contributed by atoms with Gasteiger partial charge in [0.2, 0.25) is 0 Å². The number of nitrogens with zero attached hydrogens (tertiary/aromatic N) is 1. The minimum absolute atomic E-state index is 0.0900. The molecule has 18 heavy (non-hydrogen) atoms. The van der Waals surface area contributed by atoms with Crippen LogP contribution in [0, 0.1) is 0 Å². The molecule has 0 radical (unpaired) electrons. The molecule has 6 heteroatoms. The van der Waals surface area contributed by atoms with Crippen molar-refractivity contribution in [3.63, 3.8) is 0 Å². The summed E-state index contributed by atoms with van der Waals surface area (Å²) in [5.41, 5.74) is 0.572. The van der Waals surface area contributed by atoms with Crippen LogP contribution in [0.5, 0.6) is 5.75 Å². The number of hydrogen-bond acceptors (Lipinski definition) is 3. The van der Waals surface area contributed by atoms with E-state index in [0.717, 1.165) is 0 Å². The standard InChI is InChI=1S/C12H17ClN2O3/c1-8(7-16)15(2)12(17)14-9-4-5-11(18-3)10(13)6-9/h4-6,8,16H,7H2,1-3H3,(H,14,17). The monoisotopic (exact) mass is 272 g/mol. The molecule has 0 aliphatic rings. The Morgan fingerprint density at radius 1 is 1.61 bits per heavy atom. The van der Waals surface area contributed by atoms with Gasteiger partial charge in [-0.25, -0.2) is 4.79 Å². The van der Waals surface area contributed by atoms with Crippen LogP contribution in [0.3, 0.4) is 0 Å². The maximum Gasteiger partial charge on any atom is 0.321 e. The Morgan fingerprint density at radius 3 is 2.78 bits per heavy atom. The highest BCUT2D eigenvalue weighted by molar-refractivity contribution is 6.32. The van der Waals surface area contributed by atoms with Crippen molar-refractivity contribution >= 4 is 23.3 Å². The first-order valence-electron chi connectivity index (χ1n) is 5.47. The van der Waals surface area contributed by atoms with Crippen LogP contribution in [-0.2, 0) is 0 Å². The molecule has 2 amide bonds. The Hall–Kier alpha value is -1.46. The van der Waals surface area contributed by atoms with Gasteiger partial charge in [0.1, 0.15) is 5.75 Å². The summed E-state index contributed by atoms with van der Waals surface area (Å²) in [7, 11) is 3.14. The highest BCUT2D eigenvalue weighted by atomic mass is 35.5. The molecule has 2 N–H and O–H groups in total. The minimum atomic E-state index is -0.308. The van der Waals surface area contributed by atoms with Crippen molar-refractivity contribution in [3.05, 3.63) is 23.2 Å². The summed E-state index contributed by atoms with van der Waals surface area (Å²) in [4.78, 5) is 13.2. The van der Waals surface area contributed by atoms with Gasteiger partial charge in [0.15, 0.2) is 0 Å². The topological polar surface area (TPSA) is 61.8 Å². The SMILES string of the molecule is COc1ccc(NC(=O)N(C)C(C)CO)cc1Cl. The molecule has 1 aromatic rings. The van der Waals surface area contributed by atoms with Crippen molar-refractivity contribution in [1.29, 1.82) is 0 Å². The van der Waals surface area contributed by atoms with E-state index in [-0.39, 0.29) is 18.7 Å². The lowest BCUT2D eigenvalue weighted by molar-refractivity contribution is 0.166. The van der Waals surface area contributed by atoms with E-state index in [9.17, 15) is 4.79 Å². The molecule has 100 valence electrons. The fraction of sp³-hybridized carbons (Fsp3) is 0.417. The number of amides is 2. The maximum absolute atomic E-state index is 11.8. The number of likely N-dealkylation sites (N-methyl/N-ethyl adjacent to an activating group) is 1. The van der Waals surface area contributed by atoms with E-state index < -0.39 is 0 Å². The fourth-order valence-electron chi connectivity index (χ4n) is 1.28. The van der Waals surface area contributed by atoms with Crippen LogP contribution < -0.4 is 10.1 Å². The van der Waals surface area contributed by atoms with Crippen LogP contribution in [0.2, 0.25) is 5.02 Å². The van der Waals surface area contributed by atoms with Crippen LogP contribution in [0.4, 0.5) is 10.5 Å². The Bertz CT molecular complexity index is 426. The molecule has 0 bridgehead atoms. The van der Waals surface area contributed by atoms with E-state index in [1.165, 1.54) is 12.0 Å². The van der Waals surface area contributed by atoms with Crippen molar-refractivity contribution in [2.45, 2.75) is 13.0 Å². The molecule has 0 spiro atoms. The molecule has 1 aromatic carbocycles. The van der Waals surface area contributed by atoms with E-state index in [1.807, 2.05) is 0 Å². The Kier molecular flexibility index (Phi) is 5.25. The van der Waals surface area contributed by atoms with Gasteiger partial charge >= 0.3 is 6.03 Å². The number of carbonyl (C=O) groups is 1. The van der Waals surface area contributed by atoms with Gasteiger partial charge in [0.05, 0.1) is 24.8 Å². The lowest BCUT2D eigenvalue weighted by atomic mass is 10.3. The average Bonchev–Trinajstić information content (AvgIpc) is 2.37. The largest absolute Gasteiger partial charge is 0.495 e. The van der Waals surface area contributed by atoms with Gasteiger partial charge < -0.3 is 20.1 Å². The molecule has 1 rings (SSSR count). The highest BCUT2D eigenvalue weighted by Crippen LogP contribution is 2.27. The second kappa shape index (κ2) is 6.47. The lowest BCUT2D eigenvalue weighted by Gasteiger charge is -2.23. The molecule has 1 atom stereocenters. The van der Waals surface area contributed by atoms with Gasteiger partial charge in [-0.05, 0) is 25.1 Å². The van der Waals surface area contributed by atoms with E-state index in [0.29, 0.717) is 16.5 Å². The maximum atomic E-state index is 11.8. The van der Waals surface area contributed by atoms with Crippen LogP contribution in [0.15, 0.2) is 18.2 Å². The summed E-state index contributed by atoms with van der Waals surface area (Å²) in [6.07, 6.45) is 0. The second-order valence-electron chi connectivity index (χ2n) is 3.92. The number of halogens is 1. The Morgan fingerprint density at radius 2 is 2.28 bits per heavy atom. The molecule has 0 aromatic heterocycles. The normalized spacial score (nSPS) is 11.8. The third-order valence-corrected chi connectivity index (χ3v) is 2.94. The first-order valence-corrected chi connectivity index (χ1v) is 5.85. The van der Waals surface area contributed by atoms with E-state index >= 15 is 0 Å². The Labute approximate surface area is 111 Å². The lowest BCUT2D eigenvalue weighted by Crippen LogP contribution is -2.40. The average molecular weight is 273 g/mol. The Balaban J connectivity index is 2.73. The molecule has 0 fully saturated rings. The van der Waals surface area contributed by atoms with Gasteiger partial charge in [-0.15, -0.1) is 0 Å². The van der Waals surface area contributed by atoms with Gasteiger partial charge in [0, 0.05) is 12.7 Å². The number of nitrogens with one attached hydrogen (secondary N) is 1. The number of rotatable bonds is 4. The molecular formula is C12H17ClN2O3. The molecule has 0 saturated carbocycles. The summed E-state index contributed by atoms with van der Waals surface area (Å²) in [5.74, 6) is 0.548. The molecule has 0 saturated heterocycles. The number of anilines is 1.